The second kappa shape index (κ2) is 45.9. The summed E-state index contributed by atoms with van der Waals surface area (Å²) in [5, 5.41) is 86.7. The Morgan fingerprint density at radius 3 is 1.41 bits per heavy atom. The molecule has 2 fully saturated rings. The van der Waals surface area contributed by atoms with Gasteiger partial charge in [-0.15, -0.1) is 0 Å². The van der Waals surface area contributed by atoms with Gasteiger partial charge in [-0.2, -0.15) is 0 Å². The van der Waals surface area contributed by atoms with Crippen LogP contribution in [0.2, 0.25) is 0 Å². The Hall–Kier alpha value is -2.05. The Morgan fingerprint density at radius 1 is 0.500 bits per heavy atom. The summed E-state index contributed by atoms with van der Waals surface area (Å²) >= 11 is 0. The molecule has 2 aliphatic rings. The van der Waals surface area contributed by atoms with Gasteiger partial charge in [-0.25, -0.2) is 0 Å². The second-order valence-corrected chi connectivity index (χ2v) is 21.1. The molecule has 14 heteroatoms. The minimum atomic E-state index is -1.79. The van der Waals surface area contributed by atoms with Crippen LogP contribution >= 0.6 is 0 Å². The summed E-state index contributed by atoms with van der Waals surface area (Å²) in [6, 6.07) is -0.935. The fourth-order valence-electron chi connectivity index (χ4n) is 9.74. The summed E-state index contributed by atoms with van der Waals surface area (Å²) in [6.45, 7) is 2.53. The molecule has 0 aromatic carbocycles. The fourth-order valence-corrected chi connectivity index (χ4v) is 9.74. The van der Waals surface area contributed by atoms with E-state index in [4.69, 9.17) is 18.9 Å². The molecule has 74 heavy (non-hydrogen) atoms. The molecule has 2 heterocycles. The van der Waals surface area contributed by atoms with E-state index >= 15 is 0 Å². The third-order valence-corrected chi connectivity index (χ3v) is 14.6. The first-order chi connectivity index (χ1) is 36.1. The highest BCUT2D eigenvalue weighted by Gasteiger charge is 2.51. The first kappa shape index (κ1) is 68.1. The van der Waals surface area contributed by atoms with E-state index in [-0.39, 0.29) is 18.9 Å². The monoisotopic (exact) mass is 1050 g/mol. The number of ether oxygens (including phenoxy) is 4. The molecule has 2 saturated heterocycles. The van der Waals surface area contributed by atoms with Crippen molar-refractivity contribution in [1.29, 1.82) is 0 Å². The van der Waals surface area contributed by atoms with Crippen molar-refractivity contribution in [2.75, 3.05) is 19.8 Å². The predicted octanol–water partition coefficient (Wildman–Crippen LogP) is 10.0. The molecule has 1 amide bonds. The molecule has 0 aromatic heterocycles. The number of aliphatic hydroxyl groups is 8. The van der Waals surface area contributed by atoms with Crippen LogP contribution in [0.15, 0.2) is 48.6 Å². The average molecular weight is 1050 g/mol. The van der Waals surface area contributed by atoms with E-state index in [1.165, 1.54) is 161 Å². The Balaban J connectivity index is 1.61. The van der Waals surface area contributed by atoms with Crippen LogP contribution in [0.4, 0.5) is 0 Å². The Bertz CT molecular complexity index is 1430. The number of hydrogen-bond acceptors (Lipinski definition) is 13. The molecule has 12 atom stereocenters. The molecule has 0 saturated carbocycles. The zero-order chi connectivity index (χ0) is 53.9. The van der Waals surface area contributed by atoms with Crippen molar-refractivity contribution in [3.8, 4) is 0 Å². The van der Waals surface area contributed by atoms with Gasteiger partial charge < -0.3 is 65.1 Å². The van der Waals surface area contributed by atoms with Crippen LogP contribution in [0, 0.1) is 0 Å². The van der Waals surface area contributed by atoms with E-state index in [1.54, 1.807) is 6.08 Å². The van der Waals surface area contributed by atoms with Crippen LogP contribution in [0.3, 0.4) is 0 Å². The average Bonchev–Trinajstić information content (AvgIpc) is 3.40. The smallest absolute Gasteiger partial charge is 0.220 e. The molecule has 0 aliphatic carbocycles. The molecule has 0 bridgehead atoms. The van der Waals surface area contributed by atoms with Crippen molar-refractivity contribution in [1.82, 2.24) is 5.32 Å². The van der Waals surface area contributed by atoms with Crippen molar-refractivity contribution in [2.45, 2.75) is 306 Å². The van der Waals surface area contributed by atoms with Crippen molar-refractivity contribution < 1.29 is 64.6 Å². The van der Waals surface area contributed by atoms with Crippen molar-refractivity contribution in [2.24, 2.45) is 0 Å². The largest absolute Gasteiger partial charge is 0.394 e. The van der Waals surface area contributed by atoms with Crippen molar-refractivity contribution >= 4 is 5.91 Å². The third kappa shape index (κ3) is 31.4. The normalized spacial score (nSPS) is 25.5. The van der Waals surface area contributed by atoms with Crippen molar-refractivity contribution in [3.63, 3.8) is 0 Å². The van der Waals surface area contributed by atoms with E-state index in [2.05, 4.69) is 42.6 Å². The maximum atomic E-state index is 13.2. The molecule has 2 rings (SSSR count). The summed E-state index contributed by atoms with van der Waals surface area (Å²) in [4.78, 5) is 13.2. The Kier molecular flexibility index (Phi) is 42.2. The summed E-state index contributed by atoms with van der Waals surface area (Å²) in [6.07, 6.45) is 40.8. The lowest BCUT2D eigenvalue weighted by atomic mass is 9.97. The zero-order valence-corrected chi connectivity index (χ0v) is 46.3. The lowest BCUT2D eigenvalue weighted by Crippen LogP contribution is -2.65. The fraction of sp³-hybridized carbons (Fsp3) is 0.850. The zero-order valence-electron chi connectivity index (χ0n) is 46.3. The SMILES string of the molecule is C/C=C/CC/C=C/CC/C=C/C(O)C(COC1OC(CO)C(OC2OC(CO)C(O)C(O)C2O)C(O)C1O)NC(=O)CCCCCCCCCCCCCCCCCCCCC/C=C\CCCCCCCCCC. The van der Waals surface area contributed by atoms with Gasteiger partial charge in [0.1, 0.15) is 48.8 Å². The van der Waals surface area contributed by atoms with Gasteiger partial charge in [0.25, 0.3) is 0 Å². The maximum absolute atomic E-state index is 13.2. The molecule has 2 aliphatic heterocycles. The number of amides is 1. The second-order valence-electron chi connectivity index (χ2n) is 21.1. The Labute approximate surface area is 448 Å². The molecular weight excluding hydrogens is 943 g/mol. The quantitative estimate of drug-likeness (QED) is 0.0205. The van der Waals surface area contributed by atoms with Crippen LogP contribution in [-0.4, -0.2) is 140 Å². The summed E-state index contributed by atoms with van der Waals surface area (Å²) in [5.41, 5.74) is 0. The maximum Gasteiger partial charge on any atom is 0.220 e. The van der Waals surface area contributed by atoms with Crippen LogP contribution in [0.5, 0.6) is 0 Å². The van der Waals surface area contributed by atoms with Crippen LogP contribution in [0.25, 0.3) is 0 Å². The highest BCUT2D eigenvalue weighted by Crippen LogP contribution is 2.30. The number of aliphatic hydroxyl groups excluding tert-OH is 8. The van der Waals surface area contributed by atoms with Gasteiger partial charge in [-0.1, -0.05) is 210 Å². The molecule has 14 nitrogen and oxygen atoms in total. The van der Waals surface area contributed by atoms with Gasteiger partial charge in [0.05, 0.1) is 32.0 Å². The van der Waals surface area contributed by atoms with Gasteiger partial charge in [0, 0.05) is 6.42 Å². The first-order valence-corrected chi connectivity index (χ1v) is 29.8. The van der Waals surface area contributed by atoms with Gasteiger partial charge in [-0.3, -0.25) is 4.79 Å². The lowest BCUT2D eigenvalue weighted by Gasteiger charge is -2.46. The number of rotatable bonds is 47. The minimum absolute atomic E-state index is 0.255. The molecule has 0 spiro atoms. The number of allylic oxidation sites excluding steroid dienone is 7. The van der Waals surface area contributed by atoms with E-state index < -0.39 is 86.8 Å². The summed E-state index contributed by atoms with van der Waals surface area (Å²) in [7, 11) is 0. The molecule has 0 aromatic rings. The van der Waals surface area contributed by atoms with Crippen LogP contribution in [0.1, 0.15) is 232 Å². The molecule has 0 radical (unpaired) electrons. The van der Waals surface area contributed by atoms with Gasteiger partial charge in [-0.05, 0) is 64.7 Å². The van der Waals surface area contributed by atoms with Gasteiger partial charge in [0.15, 0.2) is 12.6 Å². The minimum Gasteiger partial charge on any atom is -0.394 e. The third-order valence-electron chi connectivity index (χ3n) is 14.6. The van der Waals surface area contributed by atoms with E-state index in [0.29, 0.717) is 12.8 Å². The topological polar surface area (TPSA) is 228 Å². The molecule has 9 N–H and O–H groups in total. The Morgan fingerprint density at radius 2 is 0.919 bits per heavy atom. The number of carbonyl (C=O) groups excluding carboxylic acids is 1. The van der Waals surface area contributed by atoms with E-state index in [1.807, 2.05) is 19.1 Å². The summed E-state index contributed by atoms with van der Waals surface area (Å²) in [5.74, 6) is -0.255. The van der Waals surface area contributed by atoms with E-state index in [0.717, 1.165) is 38.5 Å². The highest BCUT2D eigenvalue weighted by molar-refractivity contribution is 5.76. The standard InChI is InChI=1S/C60H109NO13/c1-3-5-7-9-11-13-14-15-16-17-18-19-20-21-22-23-24-25-26-27-28-29-30-31-32-33-34-36-38-40-42-44-52(65)61-48(49(64)43-41-39-37-35-12-10-8-6-4-2)47-71-59-57(70)55(68)58(51(46-63)73-59)74-60-56(69)54(67)53(66)50(45-62)72-60/h4,6,12,17-18,35,41,43,48-51,53-60,62-64,66-70H,3,5,7-11,13-16,19-34,36-40,42,44-47H2,1-2H3,(H,61,65)/b6-4+,18-17-,35-12+,43-41+. The lowest BCUT2D eigenvalue weighted by molar-refractivity contribution is -0.359. The van der Waals surface area contributed by atoms with Crippen molar-refractivity contribution in [3.05, 3.63) is 48.6 Å². The highest BCUT2D eigenvalue weighted by atomic mass is 16.7. The number of unbranched alkanes of at least 4 members (excludes halogenated alkanes) is 29. The number of hydrogen-bond donors (Lipinski definition) is 9. The molecular formula is C60H109NO13. The summed E-state index contributed by atoms with van der Waals surface area (Å²) < 4.78 is 22.7. The molecule has 12 unspecified atom stereocenters. The van der Waals surface area contributed by atoms with Crippen LogP contribution in [-0.2, 0) is 23.7 Å². The van der Waals surface area contributed by atoms with E-state index in [9.17, 15) is 45.6 Å². The predicted molar refractivity (Wildman–Crippen MR) is 295 cm³/mol. The van der Waals surface area contributed by atoms with Crippen LogP contribution < -0.4 is 5.32 Å². The first-order valence-electron chi connectivity index (χ1n) is 29.8. The van der Waals surface area contributed by atoms with Gasteiger partial charge >= 0.3 is 0 Å². The number of nitrogens with one attached hydrogen (secondary N) is 1. The molecule has 432 valence electrons. The van der Waals surface area contributed by atoms with Gasteiger partial charge in [0.2, 0.25) is 5.91 Å². The number of carbonyl (C=O) groups is 1.